The third-order valence-electron chi connectivity index (χ3n) is 3.01. The van der Waals surface area contributed by atoms with E-state index in [1.54, 1.807) is 19.9 Å². The molecule has 0 bridgehead atoms. The van der Waals surface area contributed by atoms with Gasteiger partial charge in [0.05, 0.1) is 7.11 Å². The molecule has 0 aliphatic carbocycles. The average molecular weight is 313 g/mol. The van der Waals surface area contributed by atoms with Crippen LogP contribution in [0.25, 0.3) is 0 Å². The standard InChI is InChI=1S/C14H16FNO4S/c1-9-6-11(10(2)20-9)8-16-21(17,18)14-7-12(15)4-5-13(14)19-3/h4-7,16H,8H2,1-3H3. The van der Waals surface area contributed by atoms with Crippen molar-refractivity contribution in [3.05, 3.63) is 47.2 Å². The smallest absolute Gasteiger partial charge is 0.244 e. The van der Waals surface area contributed by atoms with Crippen LogP contribution in [0.4, 0.5) is 4.39 Å². The van der Waals surface area contributed by atoms with Gasteiger partial charge in [0.25, 0.3) is 0 Å². The van der Waals surface area contributed by atoms with Crippen molar-refractivity contribution in [3.63, 3.8) is 0 Å². The molecule has 0 saturated carbocycles. The van der Waals surface area contributed by atoms with E-state index in [0.29, 0.717) is 11.5 Å². The van der Waals surface area contributed by atoms with E-state index in [0.717, 1.165) is 17.7 Å². The van der Waals surface area contributed by atoms with Gasteiger partial charge in [-0.25, -0.2) is 17.5 Å². The van der Waals surface area contributed by atoms with E-state index in [9.17, 15) is 12.8 Å². The molecule has 0 spiro atoms. The van der Waals surface area contributed by atoms with E-state index in [2.05, 4.69) is 4.72 Å². The minimum atomic E-state index is -3.89. The summed E-state index contributed by atoms with van der Waals surface area (Å²) in [6.45, 7) is 3.59. The Morgan fingerprint density at radius 2 is 2.00 bits per heavy atom. The Bertz CT molecular complexity index is 752. The van der Waals surface area contributed by atoms with Gasteiger partial charge in [-0.05, 0) is 38.1 Å². The first-order chi connectivity index (χ1) is 9.83. The highest BCUT2D eigenvalue weighted by atomic mass is 32.2. The van der Waals surface area contributed by atoms with E-state index >= 15 is 0 Å². The number of nitrogens with one attached hydrogen (secondary N) is 1. The first kappa shape index (κ1) is 15.5. The van der Waals surface area contributed by atoms with Gasteiger partial charge in [0, 0.05) is 12.1 Å². The van der Waals surface area contributed by atoms with E-state index in [4.69, 9.17) is 9.15 Å². The number of aryl methyl sites for hydroxylation is 2. The molecule has 5 nitrogen and oxygen atoms in total. The van der Waals surface area contributed by atoms with Crippen molar-refractivity contribution in [1.29, 1.82) is 0 Å². The Morgan fingerprint density at radius 1 is 1.29 bits per heavy atom. The SMILES string of the molecule is COc1ccc(F)cc1S(=O)(=O)NCc1cc(C)oc1C. The zero-order valence-electron chi connectivity index (χ0n) is 11.9. The molecule has 0 fully saturated rings. The fraction of sp³-hybridized carbons (Fsp3) is 0.286. The Balaban J connectivity index is 2.26. The van der Waals surface area contributed by atoms with E-state index in [1.807, 2.05) is 0 Å². The number of furan rings is 1. The molecule has 0 saturated heterocycles. The number of methoxy groups -OCH3 is 1. The Kier molecular flexibility index (Phi) is 4.34. The van der Waals surface area contributed by atoms with Gasteiger partial charge in [-0.1, -0.05) is 0 Å². The molecule has 0 radical (unpaired) electrons. The minimum absolute atomic E-state index is 0.0607. The number of ether oxygens (including phenoxy) is 1. The Labute approximate surface area is 122 Å². The van der Waals surface area contributed by atoms with Crippen LogP contribution in [0.3, 0.4) is 0 Å². The monoisotopic (exact) mass is 313 g/mol. The molecule has 1 aromatic carbocycles. The van der Waals surface area contributed by atoms with Crippen molar-refractivity contribution >= 4 is 10.0 Å². The predicted molar refractivity (Wildman–Crippen MR) is 75.2 cm³/mol. The van der Waals surface area contributed by atoms with Gasteiger partial charge in [-0.3, -0.25) is 0 Å². The van der Waals surface area contributed by atoms with Crippen LogP contribution in [0, 0.1) is 19.7 Å². The summed E-state index contributed by atoms with van der Waals surface area (Å²) >= 11 is 0. The maximum Gasteiger partial charge on any atom is 0.244 e. The van der Waals surface area contributed by atoms with Crippen LogP contribution < -0.4 is 9.46 Å². The molecule has 0 aliphatic rings. The van der Waals surface area contributed by atoms with Crippen LogP contribution in [0.15, 0.2) is 33.6 Å². The summed E-state index contributed by atoms with van der Waals surface area (Å²) < 4.78 is 50.5. The van der Waals surface area contributed by atoms with Crippen LogP contribution in [-0.2, 0) is 16.6 Å². The lowest BCUT2D eigenvalue weighted by Gasteiger charge is -2.10. The normalized spacial score (nSPS) is 11.6. The highest BCUT2D eigenvalue weighted by molar-refractivity contribution is 7.89. The van der Waals surface area contributed by atoms with Gasteiger partial charge in [0.2, 0.25) is 10.0 Å². The van der Waals surface area contributed by atoms with Gasteiger partial charge in [0.15, 0.2) is 0 Å². The second-order valence-electron chi connectivity index (χ2n) is 4.56. The van der Waals surface area contributed by atoms with Gasteiger partial charge in [-0.15, -0.1) is 0 Å². The van der Waals surface area contributed by atoms with E-state index < -0.39 is 15.8 Å². The van der Waals surface area contributed by atoms with Gasteiger partial charge >= 0.3 is 0 Å². The van der Waals surface area contributed by atoms with Crippen molar-refractivity contribution in [2.24, 2.45) is 0 Å². The van der Waals surface area contributed by atoms with Gasteiger partial charge < -0.3 is 9.15 Å². The fourth-order valence-corrected chi connectivity index (χ4v) is 3.16. The zero-order chi connectivity index (χ0) is 15.6. The zero-order valence-corrected chi connectivity index (χ0v) is 12.8. The largest absolute Gasteiger partial charge is 0.495 e. The van der Waals surface area contributed by atoms with E-state index in [1.165, 1.54) is 13.2 Å². The molecule has 0 atom stereocenters. The molecule has 2 rings (SSSR count). The summed E-state index contributed by atoms with van der Waals surface area (Å²) in [5.41, 5.74) is 0.728. The molecule has 114 valence electrons. The molecule has 1 N–H and O–H groups in total. The second kappa shape index (κ2) is 5.87. The summed E-state index contributed by atoms with van der Waals surface area (Å²) in [4.78, 5) is -0.233. The van der Waals surface area contributed by atoms with Crippen molar-refractivity contribution in [3.8, 4) is 5.75 Å². The number of hydrogen-bond donors (Lipinski definition) is 1. The molecular weight excluding hydrogens is 297 g/mol. The highest BCUT2D eigenvalue weighted by Crippen LogP contribution is 2.24. The molecule has 2 aromatic rings. The van der Waals surface area contributed by atoms with Gasteiger partial charge in [0.1, 0.15) is 28.0 Å². The summed E-state index contributed by atoms with van der Waals surface area (Å²) in [7, 11) is -2.56. The quantitative estimate of drug-likeness (QED) is 0.921. The minimum Gasteiger partial charge on any atom is -0.495 e. The Morgan fingerprint density at radius 3 is 2.57 bits per heavy atom. The van der Waals surface area contributed by atoms with Crippen LogP contribution in [0.5, 0.6) is 5.75 Å². The summed E-state index contributed by atoms with van der Waals surface area (Å²) in [5.74, 6) is 0.780. The molecular formula is C14H16FNO4S. The number of rotatable bonds is 5. The molecule has 1 aromatic heterocycles. The van der Waals surface area contributed by atoms with Crippen molar-refractivity contribution in [2.45, 2.75) is 25.3 Å². The lowest BCUT2D eigenvalue weighted by atomic mass is 10.2. The van der Waals surface area contributed by atoms with Crippen LogP contribution in [0.2, 0.25) is 0 Å². The lowest BCUT2D eigenvalue weighted by Crippen LogP contribution is -2.24. The summed E-state index contributed by atoms with van der Waals surface area (Å²) in [6.07, 6.45) is 0. The van der Waals surface area contributed by atoms with Crippen molar-refractivity contribution < 1.29 is 22.0 Å². The Hall–Kier alpha value is -1.86. The molecule has 0 amide bonds. The number of hydrogen-bond acceptors (Lipinski definition) is 4. The average Bonchev–Trinajstić information content (AvgIpc) is 2.75. The third-order valence-corrected chi connectivity index (χ3v) is 4.43. The van der Waals surface area contributed by atoms with Crippen molar-refractivity contribution in [2.75, 3.05) is 7.11 Å². The molecule has 21 heavy (non-hydrogen) atoms. The predicted octanol–water partition coefficient (Wildman–Crippen LogP) is 2.52. The maximum absolute atomic E-state index is 13.3. The topological polar surface area (TPSA) is 68.5 Å². The fourth-order valence-electron chi connectivity index (χ4n) is 1.97. The summed E-state index contributed by atoms with van der Waals surface area (Å²) in [5, 5.41) is 0. The number of sulfonamides is 1. The number of halogens is 1. The first-order valence-electron chi connectivity index (χ1n) is 6.22. The van der Waals surface area contributed by atoms with Gasteiger partial charge in [-0.2, -0.15) is 0 Å². The highest BCUT2D eigenvalue weighted by Gasteiger charge is 2.20. The molecule has 7 heteroatoms. The number of benzene rings is 1. The third kappa shape index (κ3) is 3.43. The molecule has 0 unspecified atom stereocenters. The lowest BCUT2D eigenvalue weighted by molar-refractivity contribution is 0.400. The van der Waals surface area contributed by atoms with Crippen LogP contribution >= 0.6 is 0 Å². The summed E-state index contributed by atoms with van der Waals surface area (Å²) in [6, 6.07) is 5.09. The van der Waals surface area contributed by atoms with Crippen LogP contribution in [0.1, 0.15) is 17.1 Å². The molecule has 1 heterocycles. The molecule has 0 aliphatic heterocycles. The van der Waals surface area contributed by atoms with Crippen molar-refractivity contribution in [1.82, 2.24) is 4.72 Å². The second-order valence-corrected chi connectivity index (χ2v) is 6.29. The maximum atomic E-state index is 13.3. The first-order valence-corrected chi connectivity index (χ1v) is 7.71. The van der Waals surface area contributed by atoms with Crippen LogP contribution in [-0.4, -0.2) is 15.5 Å². The van der Waals surface area contributed by atoms with E-state index in [-0.39, 0.29) is 17.2 Å².